The molecule has 0 bridgehead atoms. The van der Waals surface area contributed by atoms with Crippen LogP contribution in [0.1, 0.15) is 27.2 Å². The van der Waals surface area contributed by atoms with Gasteiger partial charge in [0.05, 0.1) is 23.6 Å². The van der Waals surface area contributed by atoms with E-state index >= 15 is 0 Å². The summed E-state index contributed by atoms with van der Waals surface area (Å²) in [4.78, 5) is 22.5. The van der Waals surface area contributed by atoms with Crippen molar-refractivity contribution in [2.24, 2.45) is 11.7 Å². The van der Waals surface area contributed by atoms with E-state index in [2.05, 4.69) is 5.32 Å². The Hall–Kier alpha value is -2.15. The smallest absolute Gasteiger partial charge is 0.296 e. The lowest BCUT2D eigenvalue weighted by Gasteiger charge is -2.17. The van der Waals surface area contributed by atoms with E-state index < -0.39 is 16.9 Å². The van der Waals surface area contributed by atoms with Gasteiger partial charge in [0.25, 0.3) is 5.69 Å². The summed E-state index contributed by atoms with van der Waals surface area (Å²) in [6, 6.07) is 3.60. The second-order valence-corrected chi connectivity index (χ2v) is 4.77. The van der Waals surface area contributed by atoms with Gasteiger partial charge in [0.15, 0.2) is 0 Å². The summed E-state index contributed by atoms with van der Waals surface area (Å²) in [5.74, 6) is -0.0585. The number of benzene rings is 1. The van der Waals surface area contributed by atoms with Crippen molar-refractivity contribution in [3.63, 3.8) is 0 Å². The van der Waals surface area contributed by atoms with Gasteiger partial charge in [-0.2, -0.15) is 0 Å². The van der Waals surface area contributed by atoms with Gasteiger partial charge >= 0.3 is 0 Å². The summed E-state index contributed by atoms with van der Waals surface area (Å²) in [6.45, 7) is 5.97. The Kier molecular flexibility index (Phi) is 6.10. The molecule has 1 rings (SSSR count). The lowest BCUT2D eigenvalue weighted by Crippen LogP contribution is -2.40. The number of carbonyl (C=O) groups is 1. The van der Waals surface area contributed by atoms with Gasteiger partial charge in [-0.1, -0.05) is 20.3 Å². The number of nitrogens with two attached hydrogens (primary N) is 1. The zero-order valence-corrected chi connectivity index (χ0v) is 12.5. The number of nitro benzene ring substituents is 1. The summed E-state index contributed by atoms with van der Waals surface area (Å²) in [6.07, 6.45) is 0.750. The molecular weight excluding hydrogens is 274 g/mol. The molecule has 0 aliphatic carbocycles. The number of amides is 1. The zero-order valence-electron chi connectivity index (χ0n) is 12.5. The maximum atomic E-state index is 12.0. The molecule has 1 aromatic carbocycles. The molecule has 7 nitrogen and oxygen atoms in total. The Balaban J connectivity index is 2.97. The number of hydrogen-bond acceptors (Lipinski definition) is 5. The zero-order chi connectivity index (χ0) is 16.0. The van der Waals surface area contributed by atoms with Crippen LogP contribution in [0.2, 0.25) is 0 Å². The highest BCUT2D eigenvalue weighted by Gasteiger charge is 2.23. The Morgan fingerprint density at radius 1 is 1.48 bits per heavy atom. The average molecular weight is 295 g/mol. The molecule has 0 aromatic heterocycles. The lowest BCUT2D eigenvalue weighted by molar-refractivity contribution is -0.384. The topological polar surface area (TPSA) is 107 Å². The van der Waals surface area contributed by atoms with Crippen LogP contribution >= 0.6 is 0 Å². The van der Waals surface area contributed by atoms with E-state index in [1.165, 1.54) is 12.1 Å². The highest BCUT2D eigenvalue weighted by Crippen LogP contribution is 2.29. The third kappa shape index (κ3) is 4.42. The van der Waals surface area contributed by atoms with Crippen LogP contribution < -0.4 is 15.8 Å². The standard InChI is InChI=1S/C14H21N3O4/c1-4-9(3)13(15)14(18)16-11-7-6-10(21-5-2)8-12(11)17(19)20/h6-9,13H,4-5,15H2,1-3H3,(H,16,18)/t9-,13-/m0/s1. The van der Waals surface area contributed by atoms with Gasteiger partial charge in [-0.3, -0.25) is 14.9 Å². The predicted octanol–water partition coefficient (Wildman–Crippen LogP) is 2.31. The van der Waals surface area contributed by atoms with Crippen molar-refractivity contribution < 1.29 is 14.5 Å². The molecule has 116 valence electrons. The monoisotopic (exact) mass is 295 g/mol. The van der Waals surface area contributed by atoms with E-state index in [1.807, 2.05) is 13.8 Å². The second-order valence-electron chi connectivity index (χ2n) is 4.77. The summed E-state index contributed by atoms with van der Waals surface area (Å²) in [5.41, 5.74) is 5.72. The van der Waals surface area contributed by atoms with Gasteiger partial charge in [0.2, 0.25) is 5.91 Å². The molecule has 7 heteroatoms. The molecule has 0 heterocycles. The highest BCUT2D eigenvalue weighted by atomic mass is 16.6. The molecule has 3 N–H and O–H groups in total. The minimum Gasteiger partial charge on any atom is -0.494 e. The van der Waals surface area contributed by atoms with Gasteiger partial charge in [0.1, 0.15) is 11.4 Å². The van der Waals surface area contributed by atoms with Crippen molar-refractivity contribution in [1.29, 1.82) is 0 Å². The maximum Gasteiger partial charge on any atom is 0.296 e. The third-order valence-corrected chi connectivity index (χ3v) is 3.29. The summed E-state index contributed by atoms with van der Waals surface area (Å²) >= 11 is 0. The minimum absolute atomic E-state index is 0.00764. The van der Waals surface area contributed by atoms with Gasteiger partial charge in [-0.05, 0) is 25.0 Å². The van der Waals surface area contributed by atoms with Crippen LogP contribution in [0.3, 0.4) is 0 Å². The van der Waals surface area contributed by atoms with Gasteiger partial charge in [-0.25, -0.2) is 0 Å². The Bertz CT molecular complexity index is 519. The lowest BCUT2D eigenvalue weighted by atomic mass is 9.99. The SMILES string of the molecule is CCOc1ccc(NC(=O)[C@@H](N)[C@@H](C)CC)c([N+](=O)[O-])c1. The summed E-state index contributed by atoms with van der Waals surface area (Å²) < 4.78 is 5.22. The molecule has 0 saturated carbocycles. The van der Waals surface area contributed by atoms with E-state index in [0.29, 0.717) is 12.4 Å². The first-order valence-corrected chi connectivity index (χ1v) is 6.88. The van der Waals surface area contributed by atoms with Gasteiger partial charge < -0.3 is 15.8 Å². The second kappa shape index (κ2) is 7.58. The first-order chi connectivity index (χ1) is 9.90. The normalized spacial score (nSPS) is 13.3. The molecule has 1 amide bonds. The fourth-order valence-corrected chi connectivity index (χ4v) is 1.75. The van der Waals surface area contributed by atoms with Crippen molar-refractivity contribution in [2.45, 2.75) is 33.2 Å². The number of hydrogen-bond donors (Lipinski definition) is 2. The van der Waals surface area contributed by atoms with Crippen LogP contribution in [-0.2, 0) is 4.79 Å². The van der Waals surface area contributed by atoms with E-state index in [0.717, 1.165) is 6.42 Å². The Morgan fingerprint density at radius 3 is 2.67 bits per heavy atom. The van der Waals surface area contributed by atoms with Crippen molar-refractivity contribution in [3.8, 4) is 5.75 Å². The fraction of sp³-hybridized carbons (Fsp3) is 0.500. The van der Waals surface area contributed by atoms with Crippen molar-refractivity contribution in [2.75, 3.05) is 11.9 Å². The van der Waals surface area contributed by atoms with Crippen LogP contribution in [0.4, 0.5) is 11.4 Å². The molecule has 0 aliphatic heterocycles. The van der Waals surface area contributed by atoms with Crippen molar-refractivity contribution >= 4 is 17.3 Å². The van der Waals surface area contributed by atoms with E-state index in [-0.39, 0.29) is 17.3 Å². The van der Waals surface area contributed by atoms with Crippen LogP contribution in [0.25, 0.3) is 0 Å². The molecular formula is C14H21N3O4. The highest BCUT2D eigenvalue weighted by molar-refractivity contribution is 5.96. The van der Waals surface area contributed by atoms with Crippen LogP contribution in [0.5, 0.6) is 5.75 Å². The van der Waals surface area contributed by atoms with E-state index in [4.69, 9.17) is 10.5 Å². The molecule has 2 atom stereocenters. The van der Waals surface area contributed by atoms with Gasteiger partial charge in [0, 0.05) is 0 Å². The van der Waals surface area contributed by atoms with Crippen LogP contribution in [0.15, 0.2) is 18.2 Å². The molecule has 0 radical (unpaired) electrons. The number of anilines is 1. The first-order valence-electron chi connectivity index (χ1n) is 6.88. The van der Waals surface area contributed by atoms with E-state index in [1.54, 1.807) is 13.0 Å². The van der Waals surface area contributed by atoms with Crippen molar-refractivity contribution in [3.05, 3.63) is 28.3 Å². The molecule has 0 aliphatic rings. The fourth-order valence-electron chi connectivity index (χ4n) is 1.75. The first kappa shape index (κ1) is 16.9. The van der Waals surface area contributed by atoms with Gasteiger partial charge in [-0.15, -0.1) is 0 Å². The largest absolute Gasteiger partial charge is 0.494 e. The molecule has 0 spiro atoms. The average Bonchev–Trinajstić information content (AvgIpc) is 2.47. The van der Waals surface area contributed by atoms with Crippen molar-refractivity contribution in [1.82, 2.24) is 0 Å². The Labute approximate surface area is 123 Å². The van der Waals surface area contributed by atoms with E-state index in [9.17, 15) is 14.9 Å². The quantitative estimate of drug-likeness (QED) is 0.592. The predicted molar refractivity (Wildman–Crippen MR) is 80.3 cm³/mol. The molecule has 0 unspecified atom stereocenters. The number of rotatable bonds is 7. The number of ether oxygens (including phenoxy) is 1. The maximum absolute atomic E-state index is 12.0. The number of carbonyl (C=O) groups excluding carboxylic acids is 1. The molecule has 1 aromatic rings. The third-order valence-electron chi connectivity index (χ3n) is 3.29. The summed E-state index contributed by atoms with van der Waals surface area (Å²) in [7, 11) is 0. The van der Waals surface area contributed by atoms with Crippen LogP contribution in [0, 0.1) is 16.0 Å². The number of nitro groups is 1. The Morgan fingerprint density at radius 2 is 2.14 bits per heavy atom. The minimum atomic E-state index is -0.707. The molecule has 0 fully saturated rings. The number of nitrogens with zero attached hydrogens (tertiary/aromatic N) is 1. The molecule has 0 saturated heterocycles. The van der Waals surface area contributed by atoms with Crippen LogP contribution in [-0.4, -0.2) is 23.5 Å². The molecule has 21 heavy (non-hydrogen) atoms. The number of nitrogens with one attached hydrogen (secondary N) is 1. The summed E-state index contributed by atoms with van der Waals surface area (Å²) in [5, 5.41) is 13.6.